The number of rotatable bonds is 5. The Morgan fingerprint density at radius 1 is 1.21 bits per heavy atom. The molecule has 2 fully saturated rings. The molecule has 0 spiro atoms. The number of aryl methyl sites for hydroxylation is 1. The highest BCUT2D eigenvalue weighted by molar-refractivity contribution is 5.79. The van der Waals surface area contributed by atoms with Crippen LogP contribution in [-0.4, -0.2) is 48.3 Å². The predicted molar refractivity (Wildman–Crippen MR) is 102 cm³/mol. The Balaban J connectivity index is 1.28. The molecule has 3 aromatic heterocycles. The number of aromatic nitrogens is 3. The summed E-state index contributed by atoms with van der Waals surface area (Å²) in [4.78, 5) is 19.1. The number of aliphatic hydroxyl groups is 1. The lowest BCUT2D eigenvalue weighted by atomic mass is 9.85. The van der Waals surface area contributed by atoms with Crippen LogP contribution >= 0.6 is 0 Å². The van der Waals surface area contributed by atoms with Crippen LogP contribution in [0.5, 0.6) is 0 Å². The zero-order chi connectivity index (χ0) is 19.1. The van der Waals surface area contributed by atoms with Gasteiger partial charge in [-0.25, -0.2) is 0 Å². The molecule has 2 bridgehead atoms. The third-order valence-electron chi connectivity index (χ3n) is 6.26. The maximum absolute atomic E-state index is 12.8. The maximum atomic E-state index is 12.8. The Hall–Kier alpha value is -2.67. The first-order valence-electron chi connectivity index (χ1n) is 9.93. The summed E-state index contributed by atoms with van der Waals surface area (Å²) in [7, 11) is 0. The quantitative estimate of drug-likeness (QED) is 0.735. The van der Waals surface area contributed by atoms with E-state index in [1.807, 2.05) is 23.4 Å². The van der Waals surface area contributed by atoms with Crippen LogP contribution in [0.1, 0.15) is 37.9 Å². The summed E-state index contributed by atoms with van der Waals surface area (Å²) in [5.74, 6) is 0.892. The van der Waals surface area contributed by atoms with Crippen LogP contribution in [-0.2, 0) is 17.8 Å². The highest BCUT2D eigenvalue weighted by Gasteiger charge is 2.49. The molecule has 1 N–H and O–H groups in total. The smallest absolute Gasteiger partial charge is 0.223 e. The van der Waals surface area contributed by atoms with Gasteiger partial charge in [0, 0.05) is 48.8 Å². The van der Waals surface area contributed by atoms with Crippen molar-refractivity contribution in [1.29, 1.82) is 0 Å². The number of carbonyl (C=O) groups excluding carboxylic acids is 1. The molecule has 146 valence electrons. The topological polar surface area (TPSA) is 84.4 Å². The molecule has 0 saturated carbocycles. The van der Waals surface area contributed by atoms with E-state index in [1.165, 1.54) is 0 Å². The molecule has 0 radical (unpaired) electrons. The van der Waals surface area contributed by atoms with Crippen molar-refractivity contribution in [3.63, 3.8) is 0 Å². The van der Waals surface area contributed by atoms with Gasteiger partial charge in [-0.15, -0.1) is 0 Å². The highest BCUT2D eigenvalue weighted by Crippen LogP contribution is 2.42. The van der Waals surface area contributed by atoms with E-state index < -0.39 is 5.60 Å². The number of nitrogens with zero attached hydrogens (tertiary/aromatic N) is 4. The predicted octanol–water partition coefficient (Wildman–Crippen LogP) is 2.54. The van der Waals surface area contributed by atoms with Gasteiger partial charge in [-0.3, -0.25) is 9.78 Å². The summed E-state index contributed by atoms with van der Waals surface area (Å²) in [6.07, 6.45) is 11.4. The third-order valence-corrected chi connectivity index (χ3v) is 6.26. The second kappa shape index (κ2) is 6.74. The summed E-state index contributed by atoms with van der Waals surface area (Å²) in [6.45, 7) is 0.537. The molecule has 1 amide bonds. The van der Waals surface area contributed by atoms with Gasteiger partial charge in [-0.2, -0.15) is 0 Å². The zero-order valence-electron chi connectivity index (χ0n) is 15.7. The minimum Gasteiger partial charge on any atom is -0.388 e. The number of amides is 1. The van der Waals surface area contributed by atoms with Gasteiger partial charge in [0.25, 0.3) is 0 Å². The van der Waals surface area contributed by atoms with E-state index >= 15 is 0 Å². The molecule has 5 heterocycles. The minimum atomic E-state index is -0.796. The fraction of sp³-hybridized carbons (Fsp3) is 0.476. The normalized spacial score (nSPS) is 26.8. The van der Waals surface area contributed by atoms with Crippen LogP contribution < -0.4 is 0 Å². The number of piperidine rings is 1. The first-order valence-corrected chi connectivity index (χ1v) is 9.93. The van der Waals surface area contributed by atoms with E-state index in [0.717, 1.165) is 29.5 Å². The molecule has 7 heteroatoms. The third kappa shape index (κ3) is 3.09. The lowest BCUT2D eigenvalue weighted by Gasteiger charge is -2.44. The molecule has 7 nitrogen and oxygen atoms in total. The Labute approximate surface area is 162 Å². The Morgan fingerprint density at radius 2 is 2.04 bits per heavy atom. The van der Waals surface area contributed by atoms with Gasteiger partial charge in [-0.1, -0.05) is 5.16 Å². The van der Waals surface area contributed by atoms with E-state index in [2.05, 4.69) is 20.8 Å². The second-order valence-corrected chi connectivity index (χ2v) is 8.18. The van der Waals surface area contributed by atoms with E-state index in [4.69, 9.17) is 4.52 Å². The maximum Gasteiger partial charge on any atom is 0.223 e. The highest BCUT2D eigenvalue weighted by atomic mass is 16.5. The molecule has 2 saturated heterocycles. The Kier molecular flexibility index (Phi) is 4.19. The first kappa shape index (κ1) is 17.4. The molecule has 0 aliphatic carbocycles. The van der Waals surface area contributed by atoms with Crippen molar-refractivity contribution >= 4 is 16.8 Å². The monoisotopic (exact) mass is 380 g/mol. The lowest BCUT2D eigenvalue weighted by Crippen LogP contribution is -2.54. The van der Waals surface area contributed by atoms with E-state index in [1.54, 1.807) is 18.5 Å². The molecule has 0 aromatic carbocycles. The molecular formula is C21H24N4O3. The van der Waals surface area contributed by atoms with Crippen LogP contribution in [0.3, 0.4) is 0 Å². The number of fused-ring (bicyclic) bond motifs is 3. The molecule has 28 heavy (non-hydrogen) atoms. The van der Waals surface area contributed by atoms with Crippen LogP contribution in [0.15, 0.2) is 47.5 Å². The van der Waals surface area contributed by atoms with E-state index in [-0.39, 0.29) is 18.0 Å². The standard InChI is InChI=1S/C21H24N4O3/c26-20(4-3-18-6-9-23-28-18)25-16-1-2-17(25)12-21(27,11-16)14-24-10-7-15-5-8-22-13-19(15)24/h5-10,13,16-17,27H,1-4,11-12,14H2. The average molecular weight is 380 g/mol. The summed E-state index contributed by atoms with van der Waals surface area (Å²) in [5, 5.41) is 16.2. The largest absolute Gasteiger partial charge is 0.388 e. The molecule has 2 atom stereocenters. The first-order chi connectivity index (χ1) is 13.6. The van der Waals surface area contributed by atoms with E-state index in [9.17, 15) is 9.90 Å². The number of hydrogen-bond acceptors (Lipinski definition) is 5. The Morgan fingerprint density at radius 3 is 2.79 bits per heavy atom. The Bertz CT molecular complexity index is 967. The van der Waals surface area contributed by atoms with Crippen LogP contribution in [0.2, 0.25) is 0 Å². The van der Waals surface area contributed by atoms with Gasteiger partial charge in [0.15, 0.2) is 0 Å². The van der Waals surface area contributed by atoms with Gasteiger partial charge < -0.3 is 19.1 Å². The van der Waals surface area contributed by atoms with Gasteiger partial charge in [0.1, 0.15) is 5.76 Å². The fourth-order valence-electron chi connectivity index (χ4n) is 5.07. The summed E-state index contributed by atoms with van der Waals surface area (Å²) >= 11 is 0. The molecule has 2 aliphatic rings. The second-order valence-electron chi connectivity index (χ2n) is 8.18. The van der Waals surface area contributed by atoms with Crippen molar-refractivity contribution in [2.24, 2.45) is 0 Å². The number of pyridine rings is 1. The average Bonchev–Trinajstić information content (AvgIpc) is 3.40. The zero-order valence-corrected chi connectivity index (χ0v) is 15.7. The van der Waals surface area contributed by atoms with E-state index in [0.29, 0.717) is 32.2 Å². The lowest BCUT2D eigenvalue weighted by molar-refractivity contribution is -0.142. The number of hydrogen-bond donors (Lipinski definition) is 1. The van der Waals surface area contributed by atoms with Crippen molar-refractivity contribution in [2.75, 3.05) is 0 Å². The van der Waals surface area contributed by atoms with Crippen molar-refractivity contribution < 1.29 is 14.4 Å². The van der Waals surface area contributed by atoms with Crippen molar-refractivity contribution in [2.45, 2.75) is 62.8 Å². The molecule has 2 aliphatic heterocycles. The summed E-state index contributed by atoms with van der Waals surface area (Å²) < 4.78 is 7.19. The van der Waals surface area contributed by atoms with Crippen LogP contribution in [0.25, 0.3) is 10.9 Å². The fourth-order valence-corrected chi connectivity index (χ4v) is 5.07. The molecular weight excluding hydrogens is 356 g/mol. The van der Waals surface area contributed by atoms with Crippen molar-refractivity contribution in [3.05, 3.63) is 48.7 Å². The SMILES string of the molecule is O=C(CCc1ccno1)N1C2CCC1CC(O)(Cn1ccc3ccncc31)C2. The van der Waals surface area contributed by atoms with Crippen molar-refractivity contribution in [1.82, 2.24) is 19.6 Å². The molecule has 3 aromatic rings. The van der Waals surface area contributed by atoms with Gasteiger partial charge in [0.05, 0.1) is 30.1 Å². The van der Waals surface area contributed by atoms with Crippen molar-refractivity contribution in [3.8, 4) is 0 Å². The van der Waals surface area contributed by atoms with Crippen LogP contribution in [0, 0.1) is 0 Å². The molecule has 2 unspecified atom stereocenters. The summed E-state index contributed by atoms with van der Waals surface area (Å²) in [5.41, 5.74) is 0.240. The van der Waals surface area contributed by atoms with Gasteiger partial charge in [0.2, 0.25) is 5.91 Å². The summed E-state index contributed by atoms with van der Waals surface area (Å²) in [6, 6.07) is 6.07. The number of carbonyl (C=O) groups is 1. The minimum absolute atomic E-state index is 0.117. The van der Waals surface area contributed by atoms with Crippen LogP contribution in [0.4, 0.5) is 0 Å². The van der Waals surface area contributed by atoms with Gasteiger partial charge in [-0.05, 0) is 37.8 Å². The molecule has 5 rings (SSSR count). The van der Waals surface area contributed by atoms with Gasteiger partial charge >= 0.3 is 0 Å².